The summed E-state index contributed by atoms with van der Waals surface area (Å²) in [7, 11) is 0. The largest absolute Gasteiger partial charge is 0.349 e. The SMILES string of the molecule is Cc1ccccc1CNc1nncc(N2c3ccccc3CC2C)n1. The molecule has 126 valence electrons. The standard InChI is InChI=1S/C20H21N5/c1-14-7-3-4-9-17(14)12-21-20-23-19(13-22-24-20)25-15(2)11-16-8-5-6-10-18(16)25/h3-10,13,15H,11-12H2,1-2H3,(H,21,23,24). The lowest BCUT2D eigenvalue weighted by molar-refractivity contribution is 0.744. The number of hydrogen-bond acceptors (Lipinski definition) is 5. The molecule has 1 atom stereocenters. The van der Waals surface area contributed by atoms with Crippen LogP contribution in [0.3, 0.4) is 0 Å². The van der Waals surface area contributed by atoms with E-state index in [2.05, 4.69) is 75.6 Å². The van der Waals surface area contributed by atoms with Crippen molar-refractivity contribution in [2.24, 2.45) is 0 Å². The number of nitrogens with zero attached hydrogens (tertiary/aromatic N) is 4. The molecule has 1 aromatic heterocycles. The van der Waals surface area contributed by atoms with Crippen molar-refractivity contribution in [3.8, 4) is 0 Å². The summed E-state index contributed by atoms with van der Waals surface area (Å²) in [6, 6.07) is 17.1. The fourth-order valence-electron chi connectivity index (χ4n) is 3.38. The van der Waals surface area contributed by atoms with Gasteiger partial charge in [-0.05, 0) is 43.0 Å². The van der Waals surface area contributed by atoms with E-state index in [1.165, 1.54) is 22.4 Å². The fraction of sp³-hybridized carbons (Fsp3) is 0.250. The van der Waals surface area contributed by atoms with Gasteiger partial charge in [-0.2, -0.15) is 10.1 Å². The van der Waals surface area contributed by atoms with Gasteiger partial charge in [-0.15, -0.1) is 5.10 Å². The summed E-state index contributed by atoms with van der Waals surface area (Å²) in [5.74, 6) is 1.39. The van der Waals surface area contributed by atoms with Crippen molar-refractivity contribution >= 4 is 17.5 Å². The van der Waals surface area contributed by atoms with Crippen molar-refractivity contribution in [1.29, 1.82) is 0 Å². The van der Waals surface area contributed by atoms with Crippen LogP contribution in [0.2, 0.25) is 0 Å². The number of nitrogens with one attached hydrogen (secondary N) is 1. The van der Waals surface area contributed by atoms with E-state index in [4.69, 9.17) is 0 Å². The topological polar surface area (TPSA) is 53.9 Å². The number of anilines is 3. The molecule has 1 N–H and O–H groups in total. The Labute approximate surface area is 147 Å². The Morgan fingerprint density at radius 3 is 2.80 bits per heavy atom. The molecule has 4 rings (SSSR count). The lowest BCUT2D eigenvalue weighted by Gasteiger charge is -2.23. The number of para-hydroxylation sites is 1. The van der Waals surface area contributed by atoms with E-state index >= 15 is 0 Å². The summed E-state index contributed by atoms with van der Waals surface area (Å²) in [5, 5.41) is 11.6. The van der Waals surface area contributed by atoms with Crippen LogP contribution in [0, 0.1) is 6.92 Å². The van der Waals surface area contributed by atoms with Crippen LogP contribution in [-0.4, -0.2) is 21.2 Å². The summed E-state index contributed by atoms with van der Waals surface area (Å²) in [6.45, 7) is 5.00. The molecule has 0 fully saturated rings. The van der Waals surface area contributed by atoms with Crippen LogP contribution in [0.15, 0.2) is 54.7 Å². The van der Waals surface area contributed by atoms with E-state index in [1.54, 1.807) is 6.20 Å². The number of rotatable bonds is 4. The van der Waals surface area contributed by atoms with Gasteiger partial charge in [0, 0.05) is 18.3 Å². The third-order valence-corrected chi connectivity index (χ3v) is 4.70. The van der Waals surface area contributed by atoms with Gasteiger partial charge in [-0.3, -0.25) is 0 Å². The van der Waals surface area contributed by atoms with Crippen molar-refractivity contribution in [3.05, 3.63) is 71.4 Å². The summed E-state index contributed by atoms with van der Waals surface area (Å²) < 4.78 is 0. The highest BCUT2D eigenvalue weighted by Crippen LogP contribution is 2.36. The van der Waals surface area contributed by atoms with Crippen molar-refractivity contribution in [1.82, 2.24) is 15.2 Å². The first-order valence-corrected chi connectivity index (χ1v) is 8.57. The summed E-state index contributed by atoms with van der Waals surface area (Å²) >= 11 is 0. The van der Waals surface area contributed by atoms with Crippen LogP contribution >= 0.6 is 0 Å². The molecule has 5 heteroatoms. The first-order chi connectivity index (χ1) is 12.2. The third kappa shape index (κ3) is 3.05. The lowest BCUT2D eigenvalue weighted by atomic mass is 10.1. The van der Waals surface area contributed by atoms with Gasteiger partial charge >= 0.3 is 0 Å². The Kier molecular flexibility index (Phi) is 4.06. The number of fused-ring (bicyclic) bond motifs is 1. The number of benzene rings is 2. The van der Waals surface area contributed by atoms with Gasteiger partial charge in [0.1, 0.15) is 0 Å². The first-order valence-electron chi connectivity index (χ1n) is 8.57. The first kappa shape index (κ1) is 15.6. The molecule has 1 aliphatic heterocycles. The molecule has 2 heterocycles. The van der Waals surface area contributed by atoms with E-state index in [1.807, 2.05) is 12.1 Å². The molecule has 0 spiro atoms. The van der Waals surface area contributed by atoms with Gasteiger partial charge in [0.05, 0.1) is 6.20 Å². The van der Waals surface area contributed by atoms with E-state index in [9.17, 15) is 0 Å². The minimum Gasteiger partial charge on any atom is -0.349 e. The maximum atomic E-state index is 4.69. The monoisotopic (exact) mass is 331 g/mol. The molecule has 1 unspecified atom stereocenters. The highest BCUT2D eigenvalue weighted by Gasteiger charge is 2.28. The summed E-state index contributed by atoms with van der Waals surface area (Å²) in [5.41, 5.74) is 5.04. The predicted molar refractivity (Wildman–Crippen MR) is 100 cm³/mol. The van der Waals surface area contributed by atoms with Gasteiger partial charge in [-0.1, -0.05) is 42.5 Å². The highest BCUT2D eigenvalue weighted by molar-refractivity contribution is 5.68. The van der Waals surface area contributed by atoms with E-state index in [0.29, 0.717) is 18.5 Å². The van der Waals surface area contributed by atoms with Crippen LogP contribution in [0.4, 0.5) is 17.5 Å². The van der Waals surface area contributed by atoms with Crippen molar-refractivity contribution in [2.45, 2.75) is 32.9 Å². The molecule has 0 amide bonds. The van der Waals surface area contributed by atoms with E-state index in [-0.39, 0.29) is 0 Å². The highest BCUT2D eigenvalue weighted by atomic mass is 15.3. The average Bonchev–Trinajstić information content (AvgIpc) is 2.97. The third-order valence-electron chi connectivity index (χ3n) is 4.70. The number of hydrogen-bond donors (Lipinski definition) is 1. The molecular weight excluding hydrogens is 310 g/mol. The van der Waals surface area contributed by atoms with Crippen LogP contribution in [0.5, 0.6) is 0 Å². The van der Waals surface area contributed by atoms with Crippen LogP contribution in [0.1, 0.15) is 23.6 Å². The average molecular weight is 331 g/mol. The molecular formula is C20H21N5. The molecule has 3 aromatic rings. The van der Waals surface area contributed by atoms with Gasteiger partial charge in [0.2, 0.25) is 5.95 Å². The van der Waals surface area contributed by atoms with Crippen molar-refractivity contribution < 1.29 is 0 Å². The number of aryl methyl sites for hydroxylation is 1. The Hall–Kier alpha value is -2.95. The lowest BCUT2D eigenvalue weighted by Crippen LogP contribution is -2.25. The summed E-state index contributed by atoms with van der Waals surface area (Å²) in [4.78, 5) is 6.93. The Balaban J connectivity index is 1.57. The van der Waals surface area contributed by atoms with Crippen LogP contribution in [0.25, 0.3) is 0 Å². The fourth-order valence-corrected chi connectivity index (χ4v) is 3.38. The molecule has 0 saturated carbocycles. The molecule has 25 heavy (non-hydrogen) atoms. The van der Waals surface area contributed by atoms with Crippen molar-refractivity contribution in [3.63, 3.8) is 0 Å². The molecule has 2 aromatic carbocycles. The summed E-state index contributed by atoms with van der Waals surface area (Å²) in [6.07, 6.45) is 2.75. The molecule has 0 aliphatic carbocycles. The van der Waals surface area contributed by atoms with Crippen LogP contribution < -0.4 is 10.2 Å². The van der Waals surface area contributed by atoms with Gasteiger partial charge in [0.15, 0.2) is 5.82 Å². The zero-order valence-corrected chi connectivity index (χ0v) is 14.5. The maximum absolute atomic E-state index is 4.69. The van der Waals surface area contributed by atoms with E-state index in [0.717, 1.165) is 12.2 Å². The second-order valence-corrected chi connectivity index (χ2v) is 6.47. The predicted octanol–water partition coefficient (Wildman–Crippen LogP) is 3.87. The van der Waals surface area contributed by atoms with Gasteiger partial charge in [0.25, 0.3) is 0 Å². The quantitative estimate of drug-likeness (QED) is 0.786. The Bertz CT molecular complexity index is 893. The second-order valence-electron chi connectivity index (χ2n) is 6.47. The minimum atomic E-state index is 0.360. The van der Waals surface area contributed by atoms with E-state index < -0.39 is 0 Å². The van der Waals surface area contributed by atoms with Crippen LogP contribution in [-0.2, 0) is 13.0 Å². The Morgan fingerprint density at radius 2 is 1.92 bits per heavy atom. The van der Waals surface area contributed by atoms with Crippen molar-refractivity contribution in [2.75, 3.05) is 10.2 Å². The zero-order chi connectivity index (χ0) is 17.2. The number of aromatic nitrogens is 3. The smallest absolute Gasteiger partial charge is 0.244 e. The molecule has 0 radical (unpaired) electrons. The maximum Gasteiger partial charge on any atom is 0.244 e. The molecule has 0 saturated heterocycles. The molecule has 5 nitrogen and oxygen atoms in total. The Morgan fingerprint density at radius 1 is 1.12 bits per heavy atom. The normalized spacial score (nSPS) is 15.9. The zero-order valence-electron chi connectivity index (χ0n) is 14.5. The molecule has 0 bridgehead atoms. The van der Waals surface area contributed by atoms with Gasteiger partial charge in [-0.25, -0.2) is 0 Å². The molecule has 1 aliphatic rings. The second kappa shape index (κ2) is 6.51. The minimum absolute atomic E-state index is 0.360. The van der Waals surface area contributed by atoms with Gasteiger partial charge < -0.3 is 10.2 Å².